The molecule has 0 bridgehead atoms. The van der Waals surface area contributed by atoms with Gasteiger partial charge in [0.15, 0.2) is 0 Å². The number of benzene rings is 4. The quantitative estimate of drug-likeness (QED) is 0.0528. The highest BCUT2D eigenvalue weighted by atomic mass is 32.1. The zero-order valence-corrected chi connectivity index (χ0v) is 34.9. The summed E-state index contributed by atoms with van der Waals surface area (Å²) in [5.74, 6) is -1.26. The molecule has 6 nitrogen and oxygen atoms in total. The van der Waals surface area contributed by atoms with Crippen molar-refractivity contribution in [1.82, 2.24) is 8.75 Å². The fraction of sp³-hybridized carbons (Fsp3) is 0.250. The number of aromatic nitrogens is 2. The lowest BCUT2D eigenvalue weighted by molar-refractivity contribution is -0.132. The number of fused-ring (bicyclic) bond motifs is 1. The maximum Gasteiger partial charge on any atom is 0.346 e. The number of carboxylic acid groups (broad SMARTS) is 1. The number of anilines is 3. The van der Waals surface area contributed by atoms with E-state index in [-0.39, 0.29) is 5.57 Å². The summed E-state index contributed by atoms with van der Waals surface area (Å²) in [5, 5.41) is 19.0. The highest BCUT2D eigenvalue weighted by molar-refractivity contribution is 7.25. The standard InChI is InChI=1S/C48H46N4O2S3/c1-3-5-7-11-17-35-31-43(56-46(35)41-28-25-34(29-37(32-49)48(53)54)44-45(41)51-57-50-44)47-36(18-12-8-6-4-2)30-42(55-47)33-23-26-40(27-24-33)52(38-19-13-9-14-20-38)39-21-15-10-16-22-39/h9-10,13-16,19-31H,3-8,11-12,17-18H2,1-2H3,(H,53,54)/b37-29+. The number of nitrogens with zero attached hydrogens (tertiary/aromatic N) is 4. The molecule has 0 unspecified atom stereocenters. The minimum absolute atomic E-state index is 0.327. The molecule has 0 saturated heterocycles. The molecule has 288 valence electrons. The number of aryl methyl sites for hydroxylation is 2. The molecular formula is C48H46N4O2S3. The average molecular weight is 807 g/mol. The molecule has 9 heteroatoms. The Bertz CT molecular complexity index is 2450. The Hall–Kier alpha value is -5.40. The number of para-hydroxylation sites is 2. The molecule has 3 aromatic heterocycles. The predicted octanol–water partition coefficient (Wildman–Crippen LogP) is 14.5. The zero-order valence-electron chi connectivity index (χ0n) is 32.4. The van der Waals surface area contributed by atoms with Crippen LogP contribution in [-0.4, -0.2) is 19.8 Å². The van der Waals surface area contributed by atoms with Crippen LogP contribution in [0.5, 0.6) is 0 Å². The maximum absolute atomic E-state index is 11.7. The number of aliphatic carboxylic acids is 1. The van der Waals surface area contributed by atoms with Gasteiger partial charge in [-0.25, -0.2) is 4.79 Å². The van der Waals surface area contributed by atoms with Crippen LogP contribution in [0.1, 0.15) is 81.9 Å². The summed E-state index contributed by atoms with van der Waals surface area (Å²) in [7, 11) is 0. The molecule has 0 fully saturated rings. The summed E-state index contributed by atoms with van der Waals surface area (Å²) in [6, 6.07) is 40.5. The molecule has 4 aromatic carbocycles. The van der Waals surface area contributed by atoms with Crippen molar-refractivity contribution in [3.63, 3.8) is 0 Å². The highest BCUT2D eigenvalue weighted by Gasteiger charge is 2.22. The second-order valence-corrected chi connectivity index (χ2v) is 16.9. The Morgan fingerprint density at radius 3 is 1.84 bits per heavy atom. The van der Waals surface area contributed by atoms with Gasteiger partial charge in [0.1, 0.15) is 22.7 Å². The van der Waals surface area contributed by atoms with Gasteiger partial charge in [0.2, 0.25) is 0 Å². The molecule has 0 saturated carbocycles. The van der Waals surface area contributed by atoms with Crippen LogP contribution in [0.3, 0.4) is 0 Å². The van der Waals surface area contributed by atoms with Gasteiger partial charge in [0.05, 0.1) is 11.7 Å². The minimum Gasteiger partial charge on any atom is -0.477 e. The Morgan fingerprint density at radius 2 is 1.25 bits per heavy atom. The normalized spacial score (nSPS) is 11.6. The molecule has 1 N–H and O–H groups in total. The van der Waals surface area contributed by atoms with Gasteiger partial charge in [0.25, 0.3) is 0 Å². The maximum atomic E-state index is 11.7. The van der Waals surface area contributed by atoms with E-state index in [4.69, 9.17) is 4.37 Å². The van der Waals surface area contributed by atoms with E-state index in [9.17, 15) is 15.2 Å². The fourth-order valence-electron chi connectivity index (χ4n) is 7.26. The number of unbranched alkanes of at least 4 members (excludes halogenated alkanes) is 6. The molecule has 7 aromatic rings. The lowest BCUT2D eigenvalue weighted by Gasteiger charge is -2.25. The van der Waals surface area contributed by atoms with Crippen LogP contribution in [0.15, 0.2) is 115 Å². The Kier molecular flexibility index (Phi) is 13.4. The summed E-state index contributed by atoms with van der Waals surface area (Å²) in [6.07, 6.45) is 12.9. The molecule has 3 heterocycles. The number of hydrogen-bond acceptors (Lipinski definition) is 8. The van der Waals surface area contributed by atoms with Crippen molar-refractivity contribution >= 4 is 74.5 Å². The van der Waals surface area contributed by atoms with Crippen LogP contribution in [0.2, 0.25) is 0 Å². The van der Waals surface area contributed by atoms with Gasteiger partial charge in [-0.15, -0.1) is 22.7 Å². The van der Waals surface area contributed by atoms with E-state index in [0.717, 1.165) is 65.6 Å². The van der Waals surface area contributed by atoms with Crippen molar-refractivity contribution in [2.75, 3.05) is 4.90 Å². The second-order valence-electron chi connectivity index (χ2n) is 14.2. The molecule has 0 aliphatic rings. The Labute approximate surface area is 347 Å². The van der Waals surface area contributed by atoms with Gasteiger partial charge in [0, 0.05) is 47.7 Å². The van der Waals surface area contributed by atoms with Gasteiger partial charge in [-0.05, 0) is 97.0 Å². The van der Waals surface area contributed by atoms with Crippen LogP contribution in [-0.2, 0) is 17.6 Å². The molecule has 57 heavy (non-hydrogen) atoms. The van der Waals surface area contributed by atoms with Crippen LogP contribution in [0.25, 0.3) is 47.7 Å². The van der Waals surface area contributed by atoms with Crippen molar-refractivity contribution in [3.8, 4) is 36.7 Å². The molecule has 0 amide bonds. The van der Waals surface area contributed by atoms with Crippen LogP contribution < -0.4 is 4.90 Å². The first-order chi connectivity index (χ1) is 28.0. The monoisotopic (exact) mass is 806 g/mol. The van der Waals surface area contributed by atoms with Gasteiger partial charge in [-0.1, -0.05) is 113 Å². The van der Waals surface area contributed by atoms with Gasteiger partial charge in [-0.3, -0.25) is 0 Å². The minimum atomic E-state index is -1.26. The highest BCUT2D eigenvalue weighted by Crippen LogP contribution is 2.47. The van der Waals surface area contributed by atoms with E-state index in [1.165, 1.54) is 80.8 Å². The van der Waals surface area contributed by atoms with E-state index in [2.05, 4.69) is 120 Å². The van der Waals surface area contributed by atoms with Crippen LogP contribution in [0.4, 0.5) is 17.1 Å². The van der Waals surface area contributed by atoms with Crippen LogP contribution in [0, 0.1) is 11.3 Å². The molecule has 0 radical (unpaired) electrons. The van der Waals surface area contributed by atoms with Gasteiger partial charge < -0.3 is 10.0 Å². The van der Waals surface area contributed by atoms with Crippen molar-refractivity contribution in [1.29, 1.82) is 5.26 Å². The first-order valence-electron chi connectivity index (χ1n) is 19.9. The third-order valence-corrected chi connectivity index (χ3v) is 13.4. The predicted molar refractivity (Wildman–Crippen MR) is 241 cm³/mol. The first-order valence-corrected chi connectivity index (χ1v) is 22.2. The number of rotatable bonds is 18. The molecule has 0 aliphatic heterocycles. The average Bonchev–Trinajstić information content (AvgIpc) is 4.01. The van der Waals surface area contributed by atoms with E-state index in [0.29, 0.717) is 11.1 Å². The Balaban J connectivity index is 1.28. The van der Waals surface area contributed by atoms with E-state index < -0.39 is 5.97 Å². The first kappa shape index (κ1) is 39.8. The van der Waals surface area contributed by atoms with Gasteiger partial charge >= 0.3 is 5.97 Å². The van der Waals surface area contributed by atoms with Crippen molar-refractivity contribution in [2.45, 2.75) is 78.1 Å². The SMILES string of the molecule is CCCCCCc1cc(-c2ccc(N(c3ccccc3)c3ccccc3)cc2)sc1-c1cc(CCCCCC)c(-c2ccc(/C=C(\C#N)C(=O)O)c3nsnc23)s1. The number of carboxylic acids is 1. The molecule has 0 spiro atoms. The van der Waals surface area contributed by atoms with Crippen molar-refractivity contribution in [2.24, 2.45) is 0 Å². The summed E-state index contributed by atoms with van der Waals surface area (Å²) >= 11 is 4.82. The molecule has 0 atom stereocenters. The third-order valence-electron chi connectivity index (χ3n) is 10.2. The summed E-state index contributed by atoms with van der Waals surface area (Å²) in [5.41, 5.74) is 9.89. The lowest BCUT2D eigenvalue weighted by Crippen LogP contribution is -2.09. The lowest BCUT2D eigenvalue weighted by atomic mass is 9.99. The van der Waals surface area contributed by atoms with Crippen molar-refractivity contribution < 1.29 is 9.90 Å². The zero-order chi connectivity index (χ0) is 39.6. The molecule has 0 aliphatic carbocycles. The Morgan fingerprint density at radius 1 is 0.684 bits per heavy atom. The number of hydrogen-bond donors (Lipinski definition) is 1. The van der Waals surface area contributed by atoms with E-state index in [1.807, 2.05) is 34.8 Å². The summed E-state index contributed by atoms with van der Waals surface area (Å²) < 4.78 is 9.29. The largest absolute Gasteiger partial charge is 0.477 e. The fourth-order valence-corrected chi connectivity index (χ4v) is 10.4. The second kappa shape index (κ2) is 19.2. The smallest absolute Gasteiger partial charge is 0.346 e. The number of carbonyl (C=O) groups is 1. The van der Waals surface area contributed by atoms with E-state index in [1.54, 1.807) is 6.07 Å². The topological polar surface area (TPSA) is 90.1 Å². The molecule has 7 rings (SSSR count). The van der Waals surface area contributed by atoms with E-state index >= 15 is 0 Å². The number of thiophene rings is 2. The number of nitriles is 1. The van der Waals surface area contributed by atoms with Gasteiger partial charge in [-0.2, -0.15) is 14.0 Å². The third kappa shape index (κ3) is 9.26. The van der Waals surface area contributed by atoms with Crippen LogP contribution >= 0.6 is 34.4 Å². The summed E-state index contributed by atoms with van der Waals surface area (Å²) in [6.45, 7) is 4.50. The molecular weight excluding hydrogens is 761 g/mol. The summed E-state index contributed by atoms with van der Waals surface area (Å²) in [4.78, 5) is 19.0. The van der Waals surface area contributed by atoms with Crippen molar-refractivity contribution in [3.05, 3.63) is 131 Å².